The average molecular weight is 420 g/mol. The van der Waals surface area contributed by atoms with Crippen LogP contribution in [0.2, 0.25) is 0 Å². The molecule has 0 spiro atoms. The topological polar surface area (TPSA) is 78.9 Å². The highest BCUT2D eigenvalue weighted by atomic mass is 19.3. The summed E-state index contributed by atoms with van der Waals surface area (Å²) in [6.07, 6.45) is 0.179. The van der Waals surface area contributed by atoms with E-state index in [9.17, 15) is 40.7 Å². The van der Waals surface area contributed by atoms with Crippen LogP contribution in [0.3, 0.4) is 0 Å². The molecule has 12 heteroatoms. The third-order valence-corrected chi connectivity index (χ3v) is 3.78. The summed E-state index contributed by atoms with van der Waals surface area (Å²) in [5.74, 6) is -25.3. The maximum atomic E-state index is 13.7. The zero-order valence-electron chi connectivity index (χ0n) is 14.7. The van der Waals surface area contributed by atoms with Gasteiger partial charge in [0, 0.05) is 5.57 Å². The predicted molar refractivity (Wildman–Crippen MR) is 79.9 cm³/mol. The highest BCUT2D eigenvalue weighted by Crippen LogP contribution is 2.47. The first kappa shape index (κ1) is 23.8. The summed E-state index contributed by atoms with van der Waals surface area (Å²) in [4.78, 5) is 33.6. The van der Waals surface area contributed by atoms with E-state index in [-0.39, 0.29) is 18.4 Å². The van der Waals surface area contributed by atoms with Crippen molar-refractivity contribution in [1.82, 2.24) is 0 Å². The van der Waals surface area contributed by atoms with Crippen molar-refractivity contribution in [2.75, 3.05) is 13.2 Å². The van der Waals surface area contributed by atoms with Gasteiger partial charge in [0.1, 0.15) is 19.3 Å². The molecule has 0 saturated heterocycles. The molecule has 0 aromatic carbocycles. The van der Waals surface area contributed by atoms with E-state index in [0.717, 1.165) is 0 Å². The molecule has 28 heavy (non-hydrogen) atoms. The molecule has 1 fully saturated rings. The molecule has 6 nitrogen and oxygen atoms in total. The van der Waals surface area contributed by atoms with E-state index < -0.39 is 55.0 Å². The highest BCUT2D eigenvalue weighted by molar-refractivity contribution is 5.87. The Labute approximate surface area is 155 Å². The van der Waals surface area contributed by atoms with Gasteiger partial charge in [0.25, 0.3) is 0 Å². The van der Waals surface area contributed by atoms with Gasteiger partial charge in [-0.1, -0.05) is 6.58 Å². The van der Waals surface area contributed by atoms with E-state index in [4.69, 9.17) is 0 Å². The van der Waals surface area contributed by atoms with E-state index in [1.165, 1.54) is 6.92 Å². The Morgan fingerprint density at radius 2 is 1.36 bits per heavy atom. The number of rotatable bonds is 9. The van der Waals surface area contributed by atoms with E-state index >= 15 is 0 Å². The molecule has 0 N–H and O–H groups in total. The number of carbonyl (C=O) groups is 3. The van der Waals surface area contributed by atoms with Crippen LogP contribution in [0.5, 0.6) is 0 Å². The minimum atomic E-state index is -6.42. The summed E-state index contributed by atoms with van der Waals surface area (Å²) < 4.78 is 94.4. The Morgan fingerprint density at radius 1 is 0.893 bits per heavy atom. The van der Waals surface area contributed by atoms with Gasteiger partial charge in [-0.05, 0) is 32.6 Å². The predicted octanol–water partition coefficient (Wildman–Crippen LogP) is 3.04. The molecular formula is C16H18F6O6. The Bertz CT molecular complexity index is 627. The van der Waals surface area contributed by atoms with Gasteiger partial charge in [0.2, 0.25) is 0 Å². The molecule has 0 amide bonds. The van der Waals surface area contributed by atoms with Crippen LogP contribution >= 0.6 is 0 Å². The first-order valence-electron chi connectivity index (χ1n) is 8.09. The molecule has 1 saturated carbocycles. The SMILES string of the molecule is C=C(C)C(=O)OCCOC(=O)C(F)(F)C(F)(F)C(F)(F)C(=O)OC1CCCC1. The molecule has 1 aliphatic carbocycles. The fourth-order valence-electron chi connectivity index (χ4n) is 2.17. The summed E-state index contributed by atoms with van der Waals surface area (Å²) in [5.41, 5.74) is -0.0800. The molecular weight excluding hydrogens is 402 g/mol. The standard InChI is InChI=1S/C16H18F6O6/c1-9(2)11(23)26-7-8-27-12(24)14(17,18)16(21,22)15(19,20)13(25)28-10-5-3-4-6-10/h10H,1,3-8H2,2H3. The second kappa shape index (κ2) is 8.82. The normalized spacial score (nSPS) is 15.8. The van der Waals surface area contributed by atoms with Crippen LogP contribution in [0.4, 0.5) is 26.3 Å². The maximum absolute atomic E-state index is 13.7. The van der Waals surface area contributed by atoms with Crippen LogP contribution in [0.15, 0.2) is 12.2 Å². The number of carbonyl (C=O) groups excluding carboxylic acids is 3. The minimum absolute atomic E-state index is 0.0800. The lowest BCUT2D eigenvalue weighted by molar-refractivity contribution is -0.302. The Kier molecular flexibility index (Phi) is 7.49. The lowest BCUT2D eigenvalue weighted by Crippen LogP contribution is -2.62. The van der Waals surface area contributed by atoms with Gasteiger partial charge in [-0.3, -0.25) is 0 Å². The summed E-state index contributed by atoms with van der Waals surface area (Å²) in [6.45, 7) is 2.52. The molecule has 0 atom stereocenters. The van der Waals surface area contributed by atoms with Crippen molar-refractivity contribution in [2.24, 2.45) is 0 Å². The van der Waals surface area contributed by atoms with Crippen LogP contribution in [-0.4, -0.2) is 55.0 Å². The monoisotopic (exact) mass is 420 g/mol. The van der Waals surface area contributed by atoms with E-state index in [0.29, 0.717) is 12.8 Å². The summed E-state index contributed by atoms with van der Waals surface area (Å²) in [5, 5.41) is 0. The Morgan fingerprint density at radius 3 is 1.86 bits per heavy atom. The zero-order valence-corrected chi connectivity index (χ0v) is 14.7. The molecule has 0 radical (unpaired) electrons. The van der Waals surface area contributed by atoms with Gasteiger partial charge in [-0.25, -0.2) is 14.4 Å². The number of halogens is 6. The Balaban J connectivity index is 2.75. The third kappa shape index (κ3) is 4.96. The van der Waals surface area contributed by atoms with Gasteiger partial charge < -0.3 is 14.2 Å². The van der Waals surface area contributed by atoms with Crippen molar-refractivity contribution in [2.45, 2.75) is 56.5 Å². The second-order valence-corrected chi connectivity index (χ2v) is 6.09. The largest absolute Gasteiger partial charge is 0.459 e. The number of hydrogen-bond donors (Lipinski definition) is 0. The van der Waals surface area contributed by atoms with Crippen LogP contribution in [0, 0.1) is 0 Å². The quantitative estimate of drug-likeness (QED) is 0.188. The Hall–Kier alpha value is -2.27. The van der Waals surface area contributed by atoms with E-state index in [2.05, 4.69) is 20.8 Å². The van der Waals surface area contributed by atoms with E-state index in [1.807, 2.05) is 0 Å². The molecule has 1 rings (SSSR count). The van der Waals surface area contributed by atoms with Gasteiger partial charge in [0.05, 0.1) is 0 Å². The van der Waals surface area contributed by atoms with Crippen molar-refractivity contribution in [3.63, 3.8) is 0 Å². The van der Waals surface area contributed by atoms with Crippen LogP contribution in [0.25, 0.3) is 0 Å². The number of esters is 3. The molecule has 1 aliphatic rings. The van der Waals surface area contributed by atoms with Gasteiger partial charge >= 0.3 is 35.7 Å². The van der Waals surface area contributed by atoms with Crippen LogP contribution < -0.4 is 0 Å². The summed E-state index contributed by atoms with van der Waals surface area (Å²) >= 11 is 0. The number of hydrogen-bond acceptors (Lipinski definition) is 6. The van der Waals surface area contributed by atoms with Crippen LogP contribution in [-0.2, 0) is 28.6 Å². The van der Waals surface area contributed by atoms with Gasteiger partial charge in [0.15, 0.2) is 0 Å². The fourth-order valence-corrected chi connectivity index (χ4v) is 2.17. The molecule has 0 aliphatic heterocycles. The fraction of sp³-hybridized carbons (Fsp3) is 0.688. The molecule has 0 aromatic heterocycles. The van der Waals surface area contributed by atoms with Gasteiger partial charge in [-0.2, -0.15) is 26.3 Å². The number of alkyl halides is 6. The lowest BCUT2D eigenvalue weighted by atomic mass is 10.0. The van der Waals surface area contributed by atoms with Crippen molar-refractivity contribution in [3.05, 3.63) is 12.2 Å². The van der Waals surface area contributed by atoms with E-state index in [1.54, 1.807) is 0 Å². The molecule has 0 unspecified atom stereocenters. The molecule has 0 heterocycles. The van der Waals surface area contributed by atoms with Crippen LogP contribution in [0.1, 0.15) is 32.6 Å². The first-order valence-corrected chi connectivity index (χ1v) is 8.09. The summed E-state index contributed by atoms with van der Waals surface area (Å²) in [7, 11) is 0. The minimum Gasteiger partial charge on any atom is -0.459 e. The smallest absolute Gasteiger partial charge is 0.411 e. The van der Waals surface area contributed by atoms with Crippen molar-refractivity contribution < 1.29 is 54.9 Å². The van der Waals surface area contributed by atoms with Crippen molar-refractivity contribution in [3.8, 4) is 0 Å². The highest BCUT2D eigenvalue weighted by Gasteiger charge is 2.79. The lowest BCUT2D eigenvalue weighted by Gasteiger charge is -2.30. The van der Waals surface area contributed by atoms with Crippen molar-refractivity contribution in [1.29, 1.82) is 0 Å². The molecule has 160 valence electrons. The molecule has 0 bridgehead atoms. The average Bonchev–Trinajstić information content (AvgIpc) is 3.10. The summed E-state index contributed by atoms with van der Waals surface area (Å²) in [6, 6.07) is 0. The van der Waals surface area contributed by atoms with Gasteiger partial charge in [-0.15, -0.1) is 0 Å². The first-order chi connectivity index (χ1) is 12.7. The number of ether oxygens (including phenoxy) is 3. The molecule has 0 aromatic rings. The van der Waals surface area contributed by atoms with Crippen molar-refractivity contribution >= 4 is 17.9 Å². The second-order valence-electron chi connectivity index (χ2n) is 6.09. The zero-order chi connectivity index (χ0) is 21.8. The third-order valence-electron chi connectivity index (χ3n) is 3.78. The maximum Gasteiger partial charge on any atom is 0.411 e.